The van der Waals surface area contributed by atoms with Gasteiger partial charge in [0.05, 0.1) is 17.7 Å². The molecule has 0 bridgehead atoms. The molecule has 3 N–H and O–H groups in total. The van der Waals surface area contributed by atoms with Crippen LogP contribution in [-0.4, -0.2) is 22.4 Å². The van der Waals surface area contributed by atoms with Crippen molar-refractivity contribution in [3.05, 3.63) is 24.3 Å². The van der Waals surface area contributed by atoms with E-state index in [1.807, 2.05) is 0 Å². The minimum absolute atomic E-state index is 0.0658. The summed E-state index contributed by atoms with van der Waals surface area (Å²) in [6.45, 7) is 0.881. The second-order valence-corrected chi connectivity index (χ2v) is 4.57. The SMILES string of the molecule is NCC1(C(=O)NCc2ccncn2)CCCC1. The third-order valence-corrected chi connectivity index (χ3v) is 3.51. The summed E-state index contributed by atoms with van der Waals surface area (Å²) in [5, 5.41) is 2.92. The molecule has 5 heteroatoms. The molecular weight excluding hydrogens is 216 g/mol. The molecule has 5 nitrogen and oxygen atoms in total. The van der Waals surface area contributed by atoms with Crippen LogP contribution in [0.1, 0.15) is 31.4 Å². The zero-order valence-corrected chi connectivity index (χ0v) is 9.85. The van der Waals surface area contributed by atoms with Gasteiger partial charge in [-0.2, -0.15) is 0 Å². The molecule has 0 saturated heterocycles. The molecule has 1 heterocycles. The first-order valence-corrected chi connectivity index (χ1v) is 6.00. The minimum atomic E-state index is -0.340. The first kappa shape index (κ1) is 12.0. The number of nitrogens with two attached hydrogens (primary N) is 1. The second-order valence-electron chi connectivity index (χ2n) is 4.57. The molecular formula is C12H18N4O. The molecule has 0 aromatic carbocycles. The Morgan fingerprint density at radius 1 is 1.47 bits per heavy atom. The monoisotopic (exact) mass is 234 g/mol. The Morgan fingerprint density at radius 3 is 2.82 bits per heavy atom. The first-order chi connectivity index (χ1) is 8.27. The summed E-state index contributed by atoms with van der Waals surface area (Å²) in [4.78, 5) is 20.0. The molecule has 2 rings (SSSR count). The maximum atomic E-state index is 12.1. The third kappa shape index (κ3) is 2.61. The van der Waals surface area contributed by atoms with E-state index in [1.54, 1.807) is 12.3 Å². The van der Waals surface area contributed by atoms with Gasteiger partial charge in [-0.15, -0.1) is 0 Å². The van der Waals surface area contributed by atoms with Crippen LogP contribution >= 0.6 is 0 Å². The van der Waals surface area contributed by atoms with E-state index in [2.05, 4.69) is 15.3 Å². The number of aromatic nitrogens is 2. The van der Waals surface area contributed by atoms with Gasteiger partial charge in [0.2, 0.25) is 5.91 Å². The van der Waals surface area contributed by atoms with Crippen molar-refractivity contribution in [3.8, 4) is 0 Å². The minimum Gasteiger partial charge on any atom is -0.350 e. The van der Waals surface area contributed by atoms with E-state index in [0.29, 0.717) is 13.1 Å². The average Bonchev–Trinajstić information content (AvgIpc) is 2.87. The highest BCUT2D eigenvalue weighted by atomic mass is 16.2. The van der Waals surface area contributed by atoms with Crippen molar-refractivity contribution in [1.29, 1.82) is 0 Å². The standard InChI is InChI=1S/C12H18N4O/c13-8-12(4-1-2-5-12)11(17)15-7-10-3-6-14-9-16-10/h3,6,9H,1-2,4-5,7-8,13H2,(H,15,17). The average molecular weight is 234 g/mol. The van der Waals surface area contributed by atoms with E-state index in [0.717, 1.165) is 31.4 Å². The van der Waals surface area contributed by atoms with Crippen LogP contribution in [0.5, 0.6) is 0 Å². The summed E-state index contributed by atoms with van der Waals surface area (Å²) < 4.78 is 0. The molecule has 1 aromatic heterocycles. The fourth-order valence-electron chi connectivity index (χ4n) is 2.36. The van der Waals surface area contributed by atoms with Crippen LogP contribution in [0.15, 0.2) is 18.6 Å². The predicted octanol–water partition coefficient (Wildman–Crippen LogP) is 0.612. The Kier molecular flexibility index (Phi) is 3.68. The Hall–Kier alpha value is -1.49. The molecule has 0 radical (unpaired) electrons. The Labute approximate surface area is 101 Å². The number of nitrogens with zero attached hydrogens (tertiary/aromatic N) is 2. The number of nitrogens with one attached hydrogen (secondary N) is 1. The Morgan fingerprint density at radius 2 is 2.24 bits per heavy atom. The van der Waals surface area contributed by atoms with E-state index in [-0.39, 0.29) is 11.3 Å². The summed E-state index contributed by atoms with van der Waals surface area (Å²) in [7, 11) is 0. The quantitative estimate of drug-likeness (QED) is 0.800. The largest absolute Gasteiger partial charge is 0.350 e. The molecule has 17 heavy (non-hydrogen) atoms. The molecule has 92 valence electrons. The number of hydrogen-bond acceptors (Lipinski definition) is 4. The van der Waals surface area contributed by atoms with Crippen LogP contribution in [0, 0.1) is 5.41 Å². The van der Waals surface area contributed by atoms with E-state index in [9.17, 15) is 4.79 Å². The fraction of sp³-hybridized carbons (Fsp3) is 0.583. The van der Waals surface area contributed by atoms with Gasteiger partial charge in [0.25, 0.3) is 0 Å². The molecule has 1 amide bonds. The number of carbonyl (C=O) groups excluding carboxylic acids is 1. The lowest BCUT2D eigenvalue weighted by molar-refractivity contribution is -0.130. The van der Waals surface area contributed by atoms with Crippen molar-refractivity contribution in [1.82, 2.24) is 15.3 Å². The van der Waals surface area contributed by atoms with Crippen molar-refractivity contribution >= 4 is 5.91 Å². The smallest absolute Gasteiger partial charge is 0.227 e. The number of hydrogen-bond donors (Lipinski definition) is 2. The highest BCUT2D eigenvalue weighted by Gasteiger charge is 2.39. The van der Waals surface area contributed by atoms with Gasteiger partial charge in [0.15, 0.2) is 0 Å². The van der Waals surface area contributed by atoms with E-state index in [4.69, 9.17) is 5.73 Å². The maximum Gasteiger partial charge on any atom is 0.227 e. The van der Waals surface area contributed by atoms with Crippen molar-refractivity contribution in [2.45, 2.75) is 32.2 Å². The van der Waals surface area contributed by atoms with Crippen molar-refractivity contribution in [2.75, 3.05) is 6.54 Å². The summed E-state index contributed by atoms with van der Waals surface area (Å²) in [6, 6.07) is 1.80. The highest BCUT2D eigenvalue weighted by Crippen LogP contribution is 2.37. The highest BCUT2D eigenvalue weighted by molar-refractivity contribution is 5.83. The number of carbonyl (C=O) groups is 1. The molecule has 1 aliphatic rings. The third-order valence-electron chi connectivity index (χ3n) is 3.51. The summed E-state index contributed by atoms with van der Waals surface area (Å²) in [5.74, 6) is 0.0658. The molecule has 1 fully saturated rings. The van der Waals surface area contributed by atoms with Crippen LogP contribution < -0.4 is 11.1 Å². The summed E-state index contributed by atoms with van der Waals surface area (Å²) in [5.41, 5.74) is 6.23. The van der Waals surface area contributed by atoms with E-state index < -0.39 is 0 Å². The second kappa shape index (κ2) is 5.23. The van der Waals surface area contributed by atoms with Crippen molar-refractivity contribution < 1.29 is 4.79 Å². The van der Waals surface area contributed by atoms with Crippen LogP contribution in [-0.2, 0) is 11.3 Å². The zero-order chi connectivity index (χ0) is 12.1. The molecule has 0 spiro atoms. The van der Waals surface area contributed by atoms with E-state index in [1.165, 1.54) is 6.33 Å². The van der Waals surface area contributed by atoms with Crippen LogP contribution in [0.3, 0.4) is 0 Å². The van der Waals surface area contributed by atoms with Gasteiger partial charge in [-0.1, -0.05) is 12.8 Å². The predicted molar refractivity (Wildman–Crippen MR) is 63.8 cm³/mol. The van der Waals surface area contributed by atoms with Crippen LogP contribution in [0.2, 0.25) is 0 Å². The van der Waals surface area contributed by atoms with Gasteiger partial charge in [-0.05, 0) is 18.9 Å². The molecule has 0 atom stereocenters. The molecule has 1 saturated carbocycles. The fourth-order valence-corrected chi connectivity index (χ4v) is 2.36. The summed E-state index contributed by atoms with van der Waals surface area (Å²) >= 11 is 0. The topological polar surface area (TPSA) is 80.9 Å². The Bertz CT molecular complexity index is 373. The van der Waals surface area contributed by atoms with Gasteiger partial charge in [-0.25, -0.2) is 9.97 Å². The van der Waals surface area contributed by atoms with Crippen molar-refractivity contribution in [3.63, 3.8) is 0 Å². The summed E-state index contributed by atoms with van der Waals surface area (Å²) in [6.07, 6.45) is 7.15. The molecule has 1 aliphatic carbocycles. The lowest BCUT2D eigenvalue weighted by Crippen LogP contribution is -2.43. The lowest BCUT2D eigenvalue weighted by atomic mass is 9.85. The maximum absolute atomic E-state index is 12.1. The van der Waals surface area contributed by atoms with Gasteiger partial charge in [-0.3, -0.25) is 4.79 Å². The van der Waals surface area contributed by atoms with Gasteiger partial charge in [0, 0.05) is 12.7 Å². The Balaban J connectivity index is 1.93. The van der Waals surface area contributed by atoms with Crippen LogP contribution in [0.4, 0.5) is 0 Å². The van der Waals surface area contributed by atoms with E-state index >= 15 is 0 Å². The molecule has 0 unspecified atom stereocenters. The van der Waals surface area contributed by atoms with Gasteiger partial charge >= 0.3 is 0 Å². The zero-order valence-electron chi connectivity index (χ0n) is 9.85. The normalized spacial score (nSPS) is 17.9. The number of rotatable bonds is 4. The van der Waals surface area contributed by atoms with Crippen LogP contribution in [0.25, 0.3) is 0 Å². The van der Waals surface area contributed by atoms with Gasteiger partial charge in [0.1, 0.15) is 6.33 Å². The lowest BCUT2D eigenvalue weighted by Gasteiger charge is -2.25. The first-order valence-electron chi connectivity index (χ1n) is 6.00. The van der Waals surface area contributed by atoms with Crippen molar-refractivity contribution in [2.24, 2.45) is 11.1 Å². The number of amides is 1. The molecule has 0 aliphatic heterocycles. The molecule has 1 aromatic rings. The van der Waals surface area contributed by atoms with Gasteiger partial charge < -0.3 is 11.1 Å².